The Hall–Kier alpha value is -1.43. The molecular formula is C20H22BrFN2O. The molecule has 0 unspecified atom stereocenters. The van der Waals surface area contributed by atoms with Gasteiger partial charge in [0.2, 0.25) is 0 Å². The number of fused-ring (bicyclic) bond motifs is 3. The van der Waals surface area contributed by atoms with Crippen molar-refractivity contribution in [3.63, 3.8) is 0 Å². The van der Waals surface area contributed by atoms with Crippen molar-refractivity contribution in [2.24, 2.45) is 5.92 Å². The average Bonchev–Trinajstić information content (AvgIpc) is 2.62. The molecule has 0 amide bonds. The highest BCUT2D eigenvalue weighted by atomic mass is 79.9. The van der Waals surface area contributed by atoms with Gasteiger partial charge in [-0.15, -0.1) is 0 Å². The summed E-state index contributed by atoms with van der Waals surface area (Å²) < 4.78 is 21.8. The molecule has 0 radical (unpaired) electrons. The van der Waals surface area contributed by atoms with E-state index in [4.69, 9.17) is 4.74 Å². The molecule has 1 fully saturated rings. The fraction of sp³-hybridized carbons (Fsp3) is 0.400. The van der Waals surface area contributed by atoms with Gasteiger partial charge in [0.25, 0.3) is 0 Å². The highest BCUT2D eigenvalue weighted by Crippen LogP contribution is 2.51. The van der Waals surface area contributed by atoms with Gasteiger partial charge in [0.15, 0.2) is 0 Å². The largest absolute Gasteiger partial charge is 0.375 e. The zero-order chi connectivity index (χ0) is 17.4. The fourth-order valence-corrected chi connectivity index (χ4v) is 4.60. The fourth-order valence-electron chi connectivity index (χ4n) is 4.15. The summed E-state index contributed by atoms with van der Waals surface area (Å²) in [7, 11) is 1.94. The summed E-state index contributed by atoms with van der Waals surface area (Å²) in [4.78, 5) is 0. The van der Waals surface area contributed by atoms with E-state index in [-0.39, 0.29) is 30.0 Å². The van der Waals surface area contributed by atoms with E-state index in [9.17, 15) is 4.39 Å². The minimum absolute atomic E-state index is 0.0601. The van der Waals surface area contributed by atoms with Gasteiger partial charge in [-0.3, -0.25) is 0 Å². The number of likely N-dealkylation sites (N-methyl/N-ethyl adjacent to an activating group) is 1. The molecule has 0 spiro atoms. The Balaban J connectivity index is 1.77. The maximum atomic E-state index is 14.7. The van der Waals surface area contributed by atoms with E-state index < -0.39 is 0 Å². The summed E-state index contributed by atoms with van der Waals surface area (Å²) in [5, 5.41) is 6.66. The predicted octanol–water partition coefficient (Wildman–Crippen LogP) is 4.81. The van der Waals surface area contributed by atoms with E-state index >= 15 is 0 Å². The molecule has 25 heavy (non-hydrogen) atoms. The Morgan fingerprint density at radius 1 is 1.24 bits per heavy atom. The third-order valence-electron chi connectivity index (χ3n) is 5.26. The number of halogens is 2. The predicted molar refractivity (Wildman–Crippen MR) is 101 cm³/mol. The Labute approximate surface area is 156 Å². The molecule has 0 aromatic heterocycles. The van der Waals surface area contributed by atoms with Crippen molar-refractivity contribution in [1.82, 2.24) is 5.32 Å². The van der Waals surface area contributed by atoms with Gasteiger partial charge in [-0.1, -0.05) is 46.3 Å². The standard InChI is InChI=1S/C20H22BrFN2O/c1-23-11-14-7-8-15-18(12-5-3-2-4-6-12)24-19-16(20(15)25-14)9-13(21)10-17(19)22/h2-6,9-10,14-15,18,20,23-24H,7-8,11H2,1H3/t14-,15+,18+,20+/m1/s1. The molecule has 2 aliphatic heterocycles. The third-order valence-corrected chi connectivity index (χ3v) is 5.72. The Bertz CT molecular complexity index is 755. The van der Waals surface area contributed by atoms with Gasteiger partial charge in [0.1, 0.15) is 5.82 Å². The van der Waals surface area contributed by atoms with Crippen LogP contribution in [0.25, 0.3) is 0 Å². The van der Waals surface area contributed by atoms with Crippen LogP contribution in [0.4, 0.5) is 10.1 Å². The molecule has 2 heterocycles. The van der Waals surface area contributed by atoms with Crippen LogP contribution in [0.1, 0.15) is 36.1 Å². The second kappa shape index (κ2) is 7.06. The van der Waals surface area contributed by atoms with Crippen LogP contribution in [0.15, 0.2) is 46.9 Å². The third kappa shape index (κ3) is 3.21. The van der Waals surface area contributed by atoms with Crippen LogP contribution < -0.4 is 10.6 Å². The van der Waals surface area contributed by atoms with Gasteiger partial charge >= 0.3 is 0 Å². The molecule has 2 N–H and O–H groups in total. The van der Waals surface area contributed by atoms with E-state index in [0.29, 0.717) is 5.69 Å². The summed E-state index contributed by atoms with van der Waals surface area (Å²) in [5.41, 5.74) is 2.68. The lowest BCUT2D eigenvalue weighted by atomic mass is 9.76. The first kappa shape index (κ1) is 17.0. The summed E-state index contributed by atoms with van der Waals surface area (Å²) in [5.74, 6) is 0.0554. The van der Waals surface area contributed by atoms with Crippen molar-refractivity contribution >= 4 is 21.6 Å². The second-order valence-electron chi connectivity index (χ2n) is 6.86. The lowest BCUT2D eigenvalue weighted by Crippen LogP contribution is -2.41. The first-order valence-electron chi connectivity index (χ1n) is 8.78. The van der Waals surface area contributed by atoms with Gasteiger partial charge in [-0.25, -0.2) is 4.39 Å². The van der Waals surface area contributed by atoms with Crippen LogP contribution in [-0.2, 0) is 4.74 Å². The van der Waals surface area contributed by atoms with E-state index in [1.165, 1.54) is 11.6 Å². The Kier molecular flexibility index (Phi) is 4.80. The molecule has 2 aromatic carbocycles. The molecule has 0 bridgehead atoms. The van der Waals surface area contributed by atoms with E-state index in [1.807, 2.05) is 31.3 Å². The quantitative estimate of drug-likeness (QED) is 0.769. The molecule has 132 valence electrons. The topological polar surface area (TPSA) is 33.3 Å². The smallest absolute Gasteiger partial charge is 0.147 e. The minimum atomic E-state index is -0.233. The number of hydrogen-bond acceptors (Lipinski definition) is 3. The number of anilines is 1. The molecule has 5 heteroatoms. The molecule has 4 rings (SSSR count). The zero-order valence-electron chi connectivity index (χ0n) is 14.1. The maximum Gasteiger partial charge on any atom is 0.147 e. The molecule has 4 atom stereocenters. The molecular weight excluding hydrogens is 383 g/mol. The molecule has 2 aliphatic rings. The van der Waals surface area contributed by atoms with Crippen LogP contribution in [0.5, 0.6) is 0 Å². The lowest BCUT2D eigenvalue weighted by molar-refractivity contribution is -0.0912. The van der Waals surface area contributed by atoms with Crippen molar-refractivity contribution in [2.45, 2.75) is 31.1 Å². The molecule has 1 saturated heterocycles. The van der Waals surface area contributed by atoms with Crippen LogP contribution in [0, 0.1) is 11.7 Å². The van der Waals surface area contributed by atoms with Crippen LogP contribution >= 0.6 is 15.9 Å². The average molecular weight is 405 g/mol. The van der Waals surface area contributed by atoms with Gasteiger partial charge in [0, 0.05) is 22.5 Å². The van der Waals surface area contributed by atoms with E-state index in [2.05, 4.69) is 38.7 Å². The van der Waals surface area contributed by atoms with Crippen LogP contribution in [0.3, 0.4) is 0 Å². The maximum absolute atomic E-state index is 14.7. The lowest BCUT2D eigenvalue weighted by Gasteiger charge is -2.45. The van der Waals surface area contributed by atoms with Crippen LogP contribution in [-0.4, -0.2) is 19.7 Å². The first-order chi connectivity index (χ1) is 12.2. The van der Waals surface area contributed by atoms with Crippen LogP contribution in [0.2, 0.25) is 0 Å². The van der Waals surface area contributed by atoms with Crippen molar-refractivity contribution in [3.05, 3.63) is 63.9 Å². The van der Waals surface area contributed by atoms with Crippen molar-refractivity contribution in [1.29, 1.82) is 0 Å². The number of rotatable bonds is 3. The first-order valence-corrected chi connectivity index (χ1v) is 9.57. The Morgan fingerprint density at radius 3 is 2.80 bits per heavy atom. The highest BCUT2D eigenvalue weighted by molar-refractivity contribution is 9.10. The summed E-state index contributed by atoms with van der Waals surface area (Å²) >= 11 is 3.43. The van der Waals surface area contributed by atoms with E-state index in [1.54, 1.807) is 0 Å². The normalized spacial score (nSPS) is 28.0. The highest BCUT2D eigenvalue weighted by Gasteiger charge is 2.43. The Morgan fingerprint density at radius 2 is 2.04 bits per heavy atom. The van der Waals surface area contributed by atoms with Gasteiger partial charge in [-0.05, 0) is 37.6 Å². The number of nitrogens with one attached hydrogen (secondary N) is 2. The van der Waals surface area contributed by atoms with Gasteiger partial charge in [0.05, 0.1) is 23.9 Å². The minimum Gasteiger partial charge on any atom is -0.375 e. The van der Waals surface area contributed by atoms with Crippen molar-refractivity contribution in [3.8, 4) is 0 Å². The van der Waals surface area contributed by atoms with Crippen molar-refractivity contribution < 1.29 is 9.13 Å². The summed E-state index contributed by atoms with van der Waals surface area (Å²) in [6, 6.07) is 13.9. The monoisotopic (exact) mass is 404 g/mol. The number of benzene rings is 2. The van der Waals surface area contributed by atoms with Gasteiger partial charge < -0.3 is 15.4 Å². The molecule has 3 nitrogen and oxygen atoms in total. The zero-order valence-corrected chi connectivity index (χ0v) is 15.7. The number of hydrogen-bond donors (Lipinski definition) is 2. The summed E-state index contributed by atoms with van der Waals surface area (Å²) in [6.07, 6.45) is 2.13. The van der Waals surface area contributed by atoms with E-state index in [0.717, 1.165) is 29.4 Å². The van der Waals surface area contributed by atoms with Crippen molar-refractivity contribution in [2.75, 3.05) is 18.9 Å². The molecule has 0 aliphatic carbocycles. The number of ether oxygens (including phenoxy) is 1. The van der Waals surface area contributed by atoms with Gasteiger partial charge in [-0.2, -0.15) is 0 Å². The SMILES string of the molecule is CNC[C@H]1CC[C@@H]2[C@H](O1)c1cc(Br)cc(F)c1N[C@H]2c1ccccc1. The summed E-state index contributed by atoms with van der Waals surface area (Å²) in [6.45, 7) is 0.818. The molecule has 2 aromatic rings. The molecule has 0 saturated carbocycles. The second-order valence-corrected chi connectivity index (χ2v) is 7.78.